The van der Waals surface area contributed by atoms with E-state index < -0.39 is 0 Å². The molecule has 3 heterocycles. The molecule has 12 heteroatoms. The van der Waals surface area contributed by atoms with E-state index in [0.717, 1.165) is 67.6 Å². The van der Waals surface area contributed by atoms with Crippen LogP contribution < -0.4 is 41.4 Å². The number of methoxy groups -OCH3 is 2. The van der Waals surface area contributed by atoms with Crippen LogP contribution in [-0.2, 0) is 25.1 Å². The van der Waals surface area contributed by atoms with Crippen LogP contribution in [-0.4, -0.2) is 80.0 Å². The second-order valence-corrected chi connectivity index (χ2v) is 19.0. The number of carbonyl (C=O) groups excluding carboxylic acids is 1. The molecule has 0 spiro atoms. The minimum Gasteiger partial charge on any atom is -1.00 e. The number of carbonyl (C=O) groups is 1. The van der Waals surface area contributed by atoms with E-state index in [2.05, 4.69) is 151 Å². The topological polar surface area (TPSA) is 107 Å². The third-order valence-electron chi connectivity index (χ3n) is 13.2. The van der Waals surface area contributed by atoms with Crippen molar-refractivity contribution in [2.45, 2.75) is 90.9 Å². The third-order valence-corrected chi connectivity index (χ3v) is 13.2. The van der Waals surface area contributed by atoms with E-state index in [1.165, 1.54) is 45.8 Å². The van der Waals surface area contributed by atoms with Crippen LogP contribution in [0.2, 0.25) is 0 Å². The van der Waals surface area contributed by atoms with Crippen molar-refractivity contribution in [3.63, 3.8) is 0 Å². The monoisotopic (exact) mass is 1040 g/mol. The van der Waals surface area contributed by atoms with Crippen LogP contribution in [0.25, 0.3) is 10.9 Å². The van der Waals surface area contributed by atoms with Gasteiger partial charge in [0.2, 0.25) is 5.69 Å². The molecular formula is C60H70BrN5O6. The Kier molecular flexibility index (Phi) is 19.4. The Morgan fingerprint density at radius 2 is 1.60 bits per heavy atom. The maximum absolute atomic E-state index is 12.9. The molecule has 0 saturated carbocycles. The second kappa shape index (κ2) is 25.6. The number of hydrogen-bond acceptors (Lipinski definition) is 10. The highest BCUT2D eigenvalue weighted by molar-refractivity contribution is 6.03. The molecule has 0 amide bonds. The predicted molar refractivity (Wildman–Crippen MR) is 287 cm³/mol. The lowest BCUT2D eigenvalue weighted by Gasteiger charge is -2.27. The highest BCUT2D eigenvalue weighted by atomic mass is 79.9. The Labute approximate surface area is 437 Å². The first kappa shape index (κ1) is 54.6. The van der Waals surface area contributed by atoms with E-state index in [4.69, 9.17) is 30.1 Å². The first-order chi connectivity index (χ1) is 34.4. The van der Waals surface area contributed by atoms with Gasteiger partial charge in [-0.05, 0) is 87.7 Å². The van der Waals surface area contributed by atoms with Crippen molar-refractivity contribution in [1.29, 1.82) is 0 Å². The number of nitrogens with one attached hydrogen (secondary N) is 1. The summed E-state index contributed by atoms with van der Waals surface area (Å²) in [6, 6.07) is 24.4. The molecule has 0 radical (unpaired) electrons. The number of benzene rings is 4. The standard InChI is InChI=1S/C60H70N5O6.BrH/c1-10-12-31-64-52-30-28-46(68-9)39-49(52)60(6,7)56(64)25-18-15-13-14-17-24-55-59(4,5)48-37-43(3)27-29-51(48)65(55)32-20-16-19-26-57(66)71-36-35-70-53-40-47-50(41-54(53)69-34-33-67-8)61-42-62-58(47)63-45-23-21-22-44(11-2)38-45;/h2,13-15,17-18,21-25,27-30,37-42H,10,12,16,19-20,26,31-36H2,1,3-9H3,(H,61,62,63);1H/q+1;/p-1. The molecule has 7 rings (SSSR count). The fourth-order valence-corrected chi connectivity index (χ4v) is 9.40. The molecule has 5 aromatic rings. The Morgan fingerprint density at radius 3 is 2.38 bits per heavy atom. The molecule has 0 unspecified atom stereocenters. The molecule has 378 valence electrons. The van der Waals surface area contributed by atoms with E-state index in [1.54, 1.807) is 14.2 Å². The van der Waals surface area contributed by atoms with Gasteiger partial charge in [-0.1, -0.05) is 93.7 Å². The van der Waals surface area contributed by atoms with Gasteiger partial charge in [0.25, 0.3) is 0 Å². The van der Waals surface area contributed by atoms with Crippen molar-refractivity contribution in [2.24, 2.45) is 0 Å². The number of allylic oxidation sites excluding steroid dienone is 8. The number of aromatic nitrogens is 2. The van der Waals surface area contributed by atoms with E-state index in [0.29, 0.717) is 42.5 Å². The van der Waals surface area contributed by atoms with Crippen LogP contribution >= 0.6 is 0 Å². The van der Waals surface area contributed by atoms with E-state index >= 15 is 0 Å². The molecule has 2 aliphatic heterocycles. The first-order valence-corrected chi connectivity index (χ1v) is 24.9. The van der Waals surface area contributed by atoms with Gasteiger partial charge in [0, 0.05) is 83.7 Å². The normalized spacial score (nSPS) is 15.0. The summed E-state index contributed by atoms with van der Waals surface area (Å²) >= 11 is 0. The molecule has 0 fully saturated rings. The molecule has 2 aliphatic rings. The predicted octanol–water partition coefficient (Wildman–Crippen LogP) is 9.41. The first-order valence-electron chi connectivity index (χ1n) is 24.9. The molecule has 1 aromatic heterocycles. The van der Waals surface area contributed by atoms with Crippen LogP contribution in [0, 0.1) is 19.3 Å². The van der Waals surface area contributed by atoms with Crippen molar-refractivity contribution in [1.82, 2.24) is 9.97 Å². The number of fused-ring (bicyclic) bond motifs is 3. The van der Waals surface area contributed by atoms with Crippen molar-refractivity contribution in [3.05, 3.63) is 150 Å². The van der Waals surface area contributed by atoms with Crippen LogP contribution in [0.5, 0.6) is 17.2 Å². The zero-order valence-electron chi connectivity index (χ0n) is 43.2. The van der Waals surface area contributed by atoms with Gasteiger partial charge in [-0.2, -0.15) is 4.58 Å². The number of unbranched alkanes of at least 4 members (excludes halogenated alkanes) is 3. The molecule has 0 aliphatic carbocycles. The molecule has 11 nitrogen and oxygen atoms in total. The maximum atomic E-state index is 12.9. The van der Waals surface area contributed by atoms with Gasteiger partial charge in [-0.3, -0.25) is 4.79 Å². The number of nitrogens with zero attached hydrogens (tertiary/aromatic N) is 4. The molecule has 0 bridgehead atoms. The number of terminal acetylenes is 1. The molecule has 0 saturated heterocycles. The average Bonchev–Trinajstić information content (AvgIpc) is 3.70. The van der Waals surface area contributed by atoms with Crippen molar-refractivity contribution in [2.75, 3.05) is 64.0 Å². The number of aryl methyl sites for hydroxylation is 1. The van der Waals surface area contributed by atoms with Gasteiger partial charge in [-0.15, -0.1) is 6.42 Å². The lowest BCUT2D eigenvalue weighted by atomic mass is 9.81. The van der Waals surface area contributed by atoms with E-state index in [-0.39, 0.29) is 47.0 Å². The van der Waals surface area contributed by atoms with Gasteiger partial charge in [0.15, 0.2) is 17.2 Å². The summed E-state index contributed by atoms with van der Waals surface area (Å²) in [6.07, 6.45) is 27.4. The summed E-state index contributed by atoms with van der Waals surface area (Å²) in [5.41, 5.74) is 10.8. The molecule has 72 heavy (non-hydrogen) atoms. The largest absolute Gasteiger partial charge is 1.00 e. The number of ether oxygens (including phenoxy) is 5. The fourth-order valence-electron chi connectivity index (χ4n) is 9.40. The SMILES string of the molecule is C#Cc1cccc(Nc2ncnc3cc(OCCOC)c(OCCOC(=O)CCCCCN4C(=CC=CC=CC=CC5=[N+](CCCC)c6ccc(OC)cc6C5(C)C)C(C)(C)c5cc(C)ccc54)cc23)c1.[Br-]. The van der Waals surface area contributed by atoms with Crippen LogP contribution in [0.4, 0.5) is 22.9 Å². The van der Waals surface area contributed by atoms with Crippen molar-refractivity contribution < 1.29 is 50.0 Å². The lowest BCUT2D eigenvalue weighted by Crippen LogP contribution is -3.00. The fraction of sp³-hybridized carbons (Fsp3) is 0.367. The second-order valence-electron chi connectivity index (χ2n) is 19.0. The highest BCUT2D eigenvalue weighted by Gasteiger charge is 2.44. The third kappa shape index (κ3) is 13.0. The van der Waals surface area contributed by atoms with Crippen molar-refractivity contribution >= 4 is 45.5 Å². The Morgan fingerprint density at radius 1 is 0.819 bits per heavy atom. The van der Waals surface area contributed by atoms with Gasteiger partial charge >= 0.3 is 5.97 Å². The average molecular weight is 1040 g/mol. The van der Waals surface area contributed by atoms with E-state index in [9.17, 15) is 4.79 Å². The number of halogens is 1. The van der Waals surface area contributed by atoms with Gasteiger partial charge in [0.1, 0.15) is 44.3 Å². The smallest absolute Gasteiger partial charge is 0.305 e. The summed E-state index contributed by atoms with van der Waals surface area (Å²) in [5, 5.41) is 4.07. The summed E-state index contributed by atoms with van der Waals surface area (Å²) in [4.78, 5) is 24.3. The minimum absolute atomic E-state index is 0. The van der Waals surface area contributed by atoms with Crippen LogP contribution in [0.1, 0.15) is 95.4 Å². The number of rotatable bonds is 24. The number of hydrogen-bond donors (Lipinski definition) is 1. The molecule has 0 atom stereocenters. The van der Waals surface area contributed by atoms with Gasteiger partial charge in [-0.25, -0.2) is 9.97 Å². The Balaban J connectivity index is 0.00000847. The molecule has 1 N–H and O–H groups in total. The van der Waals surface area contributed by atoms with E-state index in [1.807, 2.05) is 36.4 Å². The summed E-state index contributed by atoms with van der Waals surface area (Å²) in [7, 11) is 3.35. The highest BCUT2D eigenvalue weighted by Crippen LogP contribution is 2.48. The summed E-state index contributed by atoms with van der Waals surface area (Å²) < 4.78 is 31.1. The number of anilines is 3. The van der Waals surface area contributed by atoms with Gasteiger partial charge < -0.3 is 50.9 Å². The summed E-state index contributed by atoms with van der Waals surface area (Å²) in [5.74, 6) is 4.85. The lowest BCUT2D eigenvalue weighted by molar-refractivity contribution is -0.438. The van der Waals surface area contributed by atoms with Gasteiger partial charge in [0.05, 0.1) is 24.6 Å². The Bertz CT molecular complexity index is 2890. The molecular weight excluding hydrogens is 967 g/mol. The Hall–Kier alpha value is -6.68. The van der Waals surface area contributed by atoms with Crippen LogP contribution in [0.3, 0.4) is 0 Å². The number of esters is 1. The maximum Gasteiger partial charge on any atom is 0.305 e. The van der Waals surface area contributed by atoms with Crippen LogP contribution in [0.15, 0.2) is 127 Å². The summed E-state index contributed by atoms with van der Waals surface area (Å²) in [6.45, 7) is 16.4. The minimum atomic E-state index is -0.250. The zero-order chi connectivity index (χ0) is 50.4. The quantitative estimate of drug-likeness (QED) is 0.0211. The molecule has 4 aromatic carbocycles. The zero-order valence-corrected chi connectivity index (χ0v) is 44.8. The van der Waals surface area contributed by atoms with Crippen molar-refractivity contribution in [3.8, 4) is 29.6 Å².